The van der Waals surface area contributed by atoms with Crippen molar-refractivity contribution < 1.29 is 34.3 Å². The van der Waals surface area contributed by atoms with E-state index in [1.165, 1.54) is 0 Å². The van der Waals surface area contributed by atoms with E-state index >= 15 is 0 Å². The predicted octanol–water partition coefficient (Wildman–Crippen LogP) is -0.897. The lowest BCUT2D eigenvalue weighted by atomic mass is 10.4. The van der Waals surface area contributed by atoms with Gasteiger partial charge >= 0.3 is 0 Å². The summed E-state index contributed by atoms with van der Waals surface area (Å²) in [7, 11) is 0. The Balaban J connectivity index is 0.000000160. The zero-order valence-electron chi connectivity index (χ0n) is 11.5. The minimum atomic E-state index is -0.954. The van der Waals surface area contributed by atoms with Crippen molar-refractivity contribution in [2.24, 2.45) is 0 Å². The zero-order valence-corrected chi connectivity index (χ0v) is 12.2. The van der Waals surface area contributed by atoms with Crippen molar-refractivity contribution in [3.05, 3.63) is 0 Å². The molecule has 0 aromatic heterocycles. The molecule has 0 amide bonds. The number of aliphatic hydroxyl groups excluding tert-OH is 3. The Kier molecular flexibility index (Phi) is 8.90. The number of alkyl halides is 1. The number of halogens is 1. The first kappa shape index (κ1) is 18.1. The maximum Gasteiger partial charge on any atom is 0.157 e. The third kappa shape index (κ3) is 10.8. The summed E-state index contributed by atoms with van der Waals surface area (Å²) >= 11 is 5.31. The third-order valence-electron chi connectivity index (χ3n) is 2.47. The molecule has 0 aromatic rings. The second-order valence-corrected chi connectivity index (χ2v) is 5.09. The van der Waals surface area contributed by atoms with Crippen LogP contribution in [0.2, 0.25) is 0 Å². The van der Waals surface area contributed by atoms with Gasteiger partial charge in [0.25, 0.3) is 0 Å². The lowest BCUT2D eigenvalue weighted by Gasteiger charge is -1.96. The molecule has 0 spiro atoms. The molecule has 3 aliphatic heterocycles. The lowest BCUT2D eigenvalue weighted by Crippen LogP contribution is -2.15. The van der Waals surface area contributed by atoms with E-state index in [4.69, 9.17) is 41.1 Å². The van der Waals surface area contributed by atoms with Crippen LogP contribution < -0.4 is 0 Å². The quantitative estimate of drug-likeness (QED) is 0.431. The van der Waals surface area contributed by atoms with Gasteiger partial charge in [-0.25, -0.2) is 0 Å². The summed E-state index contributed by atoms with van der Waals surface area (Å²) < 4.78 is 19.8. The summed E-state index contributed by atoms with van der Waals surface area (Å²) in [4.78, 5) is 0. The van der Waals surface area contributed by atoms with Crippen molar-refractivity contribution in [2.75, 3.05) is 39.6 Å². The van der Waals surface area contributed by atoms with Gasteiger partial charge in [0, 0.05) is 0 Å². The Morgan fingerprint density at radius 3 is 1.65 bits per heavy atom. The smallest absolute Gasteiger partial charge is 0.157 e. The molecule has 8 heteroatoms. The molecule has 120 valence electrons. The van der Waals surface area contributed by atoms with Gasteiger partial charge in [-0.1, -0.05) is 11.6 Å². The molecule has 4 atom stereocenters. The molecule has 0 aliphatic carbocycles. The molecule has 20 heavy (non-hydrogen) atoms. The van der Waals surface area contributed by atoms with Crippen LogP contribution in [0.1, 0.15) is 6.92 Å². The number of rotatable bonds is 6. The molecule has 3 N–H and O–H groups in total. The zero-order chi connectivity index (χ0) is 15.0. The lowest BCUT2D eigenvalue weighted by molar-refractivity contribution is 0.0450. The molecule has 7 nitrogen and oxygen atoms in total. The average Bonchev–Trinajstić information content (AvgIpc) is 3.28. The number of hydrogen-bond donors (Lipinski definition) is 3. The molecular weight excluding hydrogens is 292 g/mol. The van der Waals surface area contributed by atoms with E-state index in [0.717, 1.165) is 26.4 Å². The summed E-state index contributed by atoms with van der Waals surface area (Å²) in [5, 5.41) is 24.0. The monoisotopic (exact) mass is 314 g/mol. The highest BCUT2D eigenvalue weighted by molar-refractivity contribution is 6.21. The molecule has 0 bridgehead atoms. The SMILES string of the molecule is C(OCC1CO1)C1CO1.CC1OC1Cl.OCC(O)CO. The van der Waals surface area contributed by atoms with E-state index in [0.29, 0.717) is 18.3 Å². The number of epoxide rings is 3. The van der Waals surface area contributed by atoms with Crippen LogP contribution in [0.3, 0.4) is 0 Å². The summed E-state index contributed by atoms with van der Waals surface area (Å²) in [6.07, 6.45) is 0.147. The molecule has 3 fully saturated rings. The number of aliphatic hydroxyl groups is 3. The molecule has 0 radical (unpaired) electrons. The third-order valence-corrected chi connectivity index (χ3v) is 2.93. The molecule has 0 aromatic carbocycles. The van der Waals surface area contributed by atoms with Crippen molar-refractivity contribution in [1.82, 2.24) is 0 Å². The van der Waals surface area contributed by atoms with E-state index in [2.05, 4.69) is 4.74 Å². The fraction of sp³-hybridized carbons (Fsp3) is 1.00. The first-order chi connectivity index (χ1) is 9.56. The van der Waals surface area contributed by atoms with Gasteiger partial charge in [0.15, 0.2) is 5.56 Å². The highest BCUT2D eigenvalue weighted by atomic mass is 35.5. The maximum atomic E-state index is 8.17. The van der Waals surface area contributed by atoms with Crippen molar-refractivity contribution in [2.45, 2.75) is 36.9 Å². The van der Waals surface area contributed by atoms with Crippen molar-refractivity contribution in [3.63, 3.8) is 0 Å². The van der Waals surface area contributed by atoms with E-state index < -0.39 is 6.10 Å². The summed E-state index contributed by atoms with van der Waals surface area (Å²) in [6, 6.07) is 0. The first-order valence-corrected chi connectivity index (χ1v) is 7.00. The standard InChI is InChI=1S/C6H10O3.C3H5ClO.C3H8O3/c1(5-3-8-5)7-2-6-4-9-6;1-2-3(4)5-2;4-1-3(6)2-5/h5-6H,1-4H2;2-3H,1H3;3-6H,1-2H2. The van der Waals surface area contributed by atoms with Crippen molar-refractivity contribution in [1.29, 1.82) is 0 Å². The number of ether oxygens (including phenoxy) is 4. The van der Waals surface area contributed by atoms with E-state index in [1.54, 1.807) is 0 Å². The van der Waals surface area contributed by atoms with E-state index in [9.17, 15) is 0 Å². The molecule has 0 saturated carbocycles. The fourth-order valence-corrected chi connectivity index (χ4v) is 1.04. The van der Waals surface area contributed by atoms with Gasteiger partial charge in [0.05, 0.1) is 45.7 Å². The van der Waals surface area contributed by atoms with Crippen LogP contribution in [0, 0.1) is 0 Å². The Hall–Kier alpha value is 0.01000. The second-order valence-electron chi connectivity index (χ2n) is 4.66. The highest BCUT2D eigenvalue weighted by Gasteiger charge is 2.31. The van der Waals surface area contributed by atoms with Gasteiger partial charge in [-0.3, -0.25) is 0 Å². The van der Waals surface area contributed by atoms with Crippen LogP contribution in [0.15, 0.2) is 0 Å². The summed E-state index contributed by atoms with van der Waals surface area (Å²) in [6.45, 7) is 4.47. The largest absolute Gasteiger partial charge is 0.394 e. The maximum absolute atomic E-state index is 8.17. The van der Waals surface area contributed by atoms with Gasteiger partial charge in [0.2, 0.25) is 0 Å². The van der Waals surface area contributed by atoms with Gasteiger partial charge in [-0.15, -0.1) is 0 Å². The van der Waals surface area contributed by atoms with Gasteiger partial charge in [0.1, 0.15) is 18.3 Å². The normalized spacial score (nSPS) is 32.7. The Labute approximate surface area is 123 Å². The van der Waals surface area contributed by atoms with Crippen LogP contribution in [-0.2, 0) is 18.9 Å². The van der Waals surface area contributed by atoms with Gasteiger partial charge in [-0.05, 0) is 6.92 Å². The van der Waals surface area contributed by atoms with Crippen LogP contribution in [0.25, 0.3) is 0 Å². The van der Waals surface area contributed by atoms with Crippen LogP contribution in [-0.4, -0.2) is 84.9 Å². The fourth-order valence-electron chi connectivity index (χ4n) is 0.877. The van der Waals surface area contributed by atoms with E-state index in [-0.39, 0.29) is 18.8 Å². The van der Waals surface area contributed by atoms with Crippen LogP contribution >= 0.6 is 11.6 Å². The molecule has 3 aliphatic rings. The minimum absolute atomic E-state index is 0.0231. The Bertz CT molecular complexity index is 226. The van der Waals surface area contributed by atoms with Gasteiger partial charge in [-0.2, -0.15) is 0 Å². The second kappa shape index (κ2) is 9.86. The van der Waals surface area contributed by atoms with Crippen LogP contribution in [0.5, 0.6) is 0 Å². The van der Waals surface area contributed by atoms with Gasteiger partial charge < -0.3 is 34.3 Å². The van der Waals surface area contributed by atoms with Crippen molar-refractivity contribution in [3.8, 4) is 0 Å². The van der Waals surface area contributed by atoms with E-state index in [1.807, 2.05) is 6.92 Å². The molecule has 3 heterocycles. The highest BCUT2D eigenvalue weighted by Crippen LogP contribution is 2.23. The molecule has 3 rings (SSSR count). The summed E-state index contributed by atoms with van der Waals surface area (Å²) in [5.41, 5.74) is 0.0231. The van der Waals surface area contributed by atoms with Crippen LogP contribution in [0.4, 0.5) is 0 Å². The minimum Gasteiger partial charge on any atom is -0.394 e. The topological polar surface area (TPSA) is 108 Å². The molecular formula is C12H23ClO7. The molecule has 3 saturated heterocycles. The Morgan fingerprint density at radius 1 is 1.15 bits per heavy atom. The predicted molar refractivity (Wildman–Crippen MR) is 70.7 cm³/mol. The summed E-state index contributed by atoms with van der Waals surface area (Å²) in [5.74, 6) is 0. The molecule has 4 unspecified atom stereocenters. The Morgan fingerprint density at radius 2 is 1.50 bits per heavy atom. The number of hydrogen-bond acceptors (Lipinski definition) is 7. The van der Waals surface area contributed by atoms with Crippen molar-refractivity contribution >= 4 is 11.6 Å². The average molecular weight is 315 g/mol. The first-order valence-electron chi connectivity index (χ1n) is 6.57.